The molecular weight excluding hydrogens is 508 g/mol. The Balaban J connectivity index is 1.83. The first kappa shape index (κ1) is 28.4. The lowest BCUT2D eigenvalue weighted by Gasteiger charge is -2.33. The Kier molecular flexibility index (Phi) is 9.61. The third kappa shape index (κ3) is 7.65. The zero-order valence-corrected chi connectivity index (χ0v) is 21.9. The topological polar surface area (TPSA) is 187 Å². The number of carboxylic acids is 1. The molecule has 0 radical (unpaired) electrons. The van der Waals surface area contributed by atoms with Crippen molar-refractivity contribution in [2.24, 2.45) is 11.5 Å². The van der Waals surface area contributed by atoms with E-state index in [0.29, 0.717) is 48.8 Å². The second-order valence-corrected chi connectivity index (χ2v) is 10.2. The van der Waals surface area contributed by atoms with Crippen molar-refractivity contribution in [3.63, 3.8) is 0 Å². The molecule has 38 heavy (non-hydrogen) atoms. The van der Waals surface area contributed by atoms with Crippen LogP contribution in [0.15, 0.2) is 48.5 Å². The molecule has 1 amide bonds. The van der Waals surface area contributed by atoms with E-state index in [1.807, 2.05) is 11.0 Å². The molecule has 0 aromatic heterocycles. The molecule has 1 unspecified atom stereocenters. The summed E-state index contributed by atoms with van der Waals surface area (Å²) >= 11 is 0. The Bertz CT molecular complexity index is 1270. The van der Waals surface area contributed by atoms with E-state index in [0.717, 1.165) is 5.56 Å². The van der Waals surface area contributed by atoms with Gasteiger partial charge >= 0.3 is 5.97 Å². The molecule has 1 atom stereocenters. The van der Waals surface area contributed by atoms with Crippen molar-refractivity contribution in [2.75, 3.05) is 29.7 Å². The minimum atomic E-state index is -1.94. The number of rotatable bonds is 11. The van der Waals surface area contributed by atoms with Gasteiger partial charge in [0.05, 0.1) is 23.6 Å². The number of piperidine rings is 1. The lowest BCUT2D eigenvalue weighted by molar-refractivity contribution is -0.134. The van der Waals surface area contributed by atoms with Gasteiger partial charge in [0.15, 0.2) is 0 Å². The summed E-state index contributed by atoms with van der Waals surface area (Å²) in [5.41, 5.74) is 12.9. The van der Waals surface area contributed by atoms with Crippen LogP contribution in [0.4, 0.5) is 5.69 Å². The summed E-state index contributed by atoms with van der Waals surface area (Å²) in [4.78, 5) is 25.5. The van der Waals surface area contributed by atoms with Crippen molar-refractivity contribution in [3.05, 3.63) is 65.2 Å². The van der Waals surface area contributed by atoms with E-state index in [-0.39, 0.29) is 24.0 Å². The van der Waals surface area contributed by atoms with Gasteiger partial charge in [-0.15, -0.1) is 0 Å². The van der Waals surface area contributed by atoms with Crippen LogP contribution < -0.4 is 20.5 Å². The molecule has 3 rings (SSSR count). The monoisotopic (exact) mass is 540 g/mol. The van der Waals surface area contributed by atoms with E-state index < -0.39 is 28.6 Å². The summed E-state index contributed by atoms with van der Waals surface area (Å²) in [5.74, 6) is -1.85. The number of amidine groups is 2. The van der Waals surface area contributed by atoms with E-state index in [2.05, 4.69) is 0 Å². The molecule has 0 spiro atoms. The second kappa shape index (κ2) is 12.9. The minimum absolute atomic E-state index is 0.0684. The van der Waals surface area contributed by atoms with Gasteiger partial charge in [-0.05, 0) is 36.8 Å². The molecular formula is C26H32N6O5S. The number of ether oxygens (including phenoxy) is 1. The number of carboxylic acid groups (broad SMARTS) is 1. The van der Waals surface area contributed by atoms with Crippen LogP contribution in [-0.2, 0) is 15.8 Å². The number of nitrogens with two attached hydrogens (primary N) is 2. The number of anilines is 1. The molecule has 11 nitrogen and oxygen atoms in total. The SMILES string of the molecule is CC(=N)N1CCC(Oc2ccc(N(C/C=C/c3cccc(C(=N)N)c3)S(=O)CC(=O)O)cc2C(N)=O)CC1. The van der Waals surface area contributed by atoms with Crippen molar-refractivity contribution >= 4 is 46.3 Å². The lowest BCUT2D eigenvalue weighted by Crippen LogP contribution is -2.40. The Morgan fingerprint density at radius 3 is 2.50 bits per heavy atom. The van der Waals surface area contributed by atoms with E-state index in [1.165, 1.54) is 10.4 Å². The van der Waals surface area contributed by atoms with Crippen LogP contribution in [0.3, 0.4) is 0 Å². The van der Waals surface area contributed by atoms with Crippen LogP contribution in [0, 0.1) is 10.8 Å². The number of carbonyl (C=O) groups excluding carboxylic acids is 1. The number of amides is 1. The average molecular weight is 541 g/mol. The molecule has 0 aliphatic carbocycles. The second-order valence-electron chi connectivity index (χ2n) is 8.80. The number of primary amides is 1. The summed E-state index contributed by atoms with van der Waals surface area (Å²) in [5, 5.41) is 24.6. The van der Waals surface area contributed by atoms with Crippen molar-refractivity contribution in [1.82, 2.24) is 4.90 Å². The number of benzene rings is 2. The normalized spacial score (nSPS) is 14.7. The van der Waals surface area contributed by atoms with E-state index in [9.17, 15) is 18.9 Å². The highest BCUT2D eigenvalue weighted by atomic mass is 32.2. The first-order valence-corrected chi connectivity index (χ1v) is 13.2. The Morgan fingerprint density at radius 2 is 1.89 bits per heavy atom. The van der Waals surface area contributed by atoms with Crippen LogP contribution in [0.1, 0.15) is 41.3 Å². The first-order chi connectivity index (χ1) is 18.0. The molecule has 1 fully saturated rings. The van der Waals surface area contributed by atoms with Gasteiger partial charge in [0.2, 0.25) is 0 Å². The highest BCUT2D eigenvalue weighted by Gasteiger charge is 2.24. The summed E-state index contributed by atoms with van der Waals surface area (Å²) in [6.07, 6.45) is 4.65. The third-order valence-corrected chi connectivity index (χ3v) is 7.34. The van der Waals surface area contributed by atoms with Crippen molar-refractivity contribution in [1.29, 1.82) is 10.8 Å². The zero-order valence-electron chi connectivity index (χ0n) is 21.1. The summed E-state index contributed by atoms with van der Waals surface area (Å²) in [6, 6.07) is 11.6. The molecule has 2 aromatic rings. The number of aliphatic carboxylic acids is 1. The highest BCUT2D eigenvalue weighted by Crippen LogP contribution is 2.29. The van der Waals surface area contributed by atoms with Gasteiger partial charge < -0.3 is 26.2 Å². The molecule has 1 aliphatic heterocycles. The standard InChI is InChI=1S/C26H32N6O5S/c1-17(27)31-12-9-21(10-13-31)37-23-8-7-20(15-22(23)26(30)35)32(38(36)16-24(33)34)11-3-5-18-4-2-6-19(14-18)25(28)29/h2-8,14-15,21,27H,9-13,16H2,1H3,(H3,28,29)(H2,30,35)(H,33,34)/b5-3+,27-17?. The van der Waals surface area contributed by atoms with Crippen molar-refractivity contribution in [3.8, 4) is 5.75 Å². The number of hydrogen-bond donors (Lipinski definition) is 5. The smallest absolute Gasteiger partial charge is 0.318 e. The molecule has 0 saturated carbocycles. The summed E-state index contributed by atoms with van der Waals surface area (Å²) in [6.45, 7) is 3.16. The number of likely N-dealkylation sites (tertiary alicyclic amines) is 1. The molecule has 1 saturated heterocycles. The number of nitrogen functional groups attached to an aromatic ring is 1. The maximum atomic E-state index is 12.9. The van der Waals surface area contributed by atoms with Crippen molar-refractivity contribution in [2.45, 2.75) is 25.9 Å². The maximum Gasteiger partial charge on any atom is 0.318 e. The molecule has 7 N–H and O–H groups in total. The largest absolute Gasteiger partial charge is 0.489 e. The quantitative estimate of drug-likeness (QED) is 0.213. The maximum absolute atomic E-state index is 12.9. The molecule has 1 heterocycles. The summed E-state index contributed by atoms with van der Waals surface area (Å²) < 4.78 is 20.4. The van der Waals surface area contributed by atoms with E-state index in [4.69, 9.17) is 27.0 Å². The van der Waals surface area contributed by atoms with Crippen LogP contribution in [0.5, 0.6) is 5.75 Å². The molecule has 2 aromatic carbocycles. The minimum Gasteiger partial charge on any atom is -0.489 e. The average Bonchev–Trinajstić information content (AvgIpc) is 2.87. The van der Waals surface area contributed by atoms with Gasteiger partial charge in [-0.2, -0.15) is 0 Å². The number of hydrogen-bond acceptors (Lipinski definition) is 6. The molecule has 1 aliphatic rings. The molecule has 202 valence electrons. The van der Waals surface area contributed by atoms with Gasteiger partial charge in [-0.25, -0.2) is 4.21 Å². The Labute approximate surface area is 223 Å². The highest BCUT2D eigenvalue weighted by molar-refractivity contribution is 7.87. The predicted octanol–water partition coefficient (Wildman–Crippen LogP) is 2.18. The fourth-order valence-electron chi connectivity index (χ4n) is 4.04. The predicted molar refractivity (Wildman–Crippen MR) is 148 cm³/mol. The van der Waals surface area contributed by atoms with Crippen LogP contribution in [0.2, 0.25) is 0 Å². The zero-order chi connectivity index (χ0) is 27.8. The van der Waals surface area contributed by atoms with Crippen LogP contribution in [0.25, 0.3) is 6.08 Å². The van der Waals surface area contributed by atoms with E-state index in [1.54, 1.807) is 49.4 Å². The van der Waals surface area contributed by atoms with Crippen LogP contribution >= 0.6 is 0 Å². The fourth-order valence-corrected chi connectivity index (χ4v) is 5.01. The Hall–Kier alpha value is -4.19. The van der Waals surface area contributed by atoms with Gasteiger partial charge in [-0.1, -0.05) is 30.4 Å². The number of nitrogens with one attached hydrogen (secondary N) is 2. The number of carbonyl (C=O) groups is 2. The van der Waals surface area contributed by atoms with Crippen molar-refractivity contribution < 1.29 is 23.6 Å². The molecule has 0 bridgehead atoms. The van der Waals surface area contributed by atoms with Gasteiger partial charge in [0, 0.05) is 31.5 Å². The third-order valence-electron chi connectivity index (χ3n) is 6.00. The van der Waals surface area contributed by atoms with Gasteiger partial charge in [0.1, 0.15) is 34.4 Å². The first-order valence-electron chi connectivity index (χ1n) is 11.9. The van der Waals surface area contributed by atoms with Gasteiger partial charge in [0.25, 0.3) is 5.91 Å². The van der Waals surface area contributed by atoms with E-state index >= 15 is 0 Å². The molecule has 12 heteroatoms. The van der Waals surface area contributed by atoms with Crippen LogP contribution in [-0.4, -0.2) is 69.3 Å². The number of nitrogens with zero attached hydrogens (tertiary/aromatic N) is 2. The summed E-state index contributed by atoms with van der Waals surface area (Å²) in [7, 11) is -1.94. The lowest BCUT2D eigenvalue weighted by atomic mass is 10.1. The van der Waals surface area contributed by atoms with Gasteiger partial charge in [-0.3, -0.25) is 24.7 Å². The fraction of sp³-hybridized carbons (Fsp3) is 0.308. The Morgan fingerprint density at radius 1 is 1.18 bits per heavy atom.